The molecule has 4 aliphatic rings. The van der Waals surface area contributed by atoms with Crippen molar-refractivity contribution in [2.24, 2.45) is 11.8 Å². The Labute approximate surface area is 404 Å². The summed E-state index contributed by atoms with van der Waals surface area (Å²) in [5, 5.41) is 12.4. The molecule has 3 aromatic carbocycles. The fourth-order valence-electron chi connectivity index (χ4n) is 11.5. The summed E-state index contributed by atoms with van der Waals surface area (Å²) in [5.74, 6) is -1.65. The number of carbonyl (C=O) groups excluding carboxylic acids is 3. The molecule has 4 fully saturated rings. The third-order valence-corrected chi connectivity index (χ3v) is 15.0. The molecule has 4 amide bonds. The average Bonchev–Trinajstić information content (AvgIpc) is 4.19. The van der Waals surface area contributed by atoms with Crippen LogP contribution in [-0.2, 0) is 14.3 Å². The Morgan fingerprint density at radius 2 is 1.24 bits per heavy atom. The Morgan fingerprint density at radius 3 is 1.73 bits per heavy atom. The number of ether oxygens (including phenoxy) is 1. The summed E-state index contributed by atoms with van der Waals surface area (Å²) < 4.78 is 54.8. The minimum Gasteiger partial charge on any atom is -0.465 e. The molecule has 0 aliphatic carbocycles. The number of hydrogen-bond donors (Lipinski definition) is 4. The van der Waals surface area contributed by atoms with E-state index in [-0.39, 0.29) is 23.7 Å². The van der Waals surface area contributed by atoms with Crippen LogP contribution in [0.3, 0.4) is 0 Å². The summed E-state index contributed by atoms with van der Waals surface area (Å²) >= 11 is 0. The van der Waals surface area contributed by atoms with Gasteiger partial charge in [0.1, 0.15) is 41.2 Å². The number of rotatable bonds is 12. The highest BCUT2D eigenvalue weighted by Crippen LogP contribution is 2.50. The van der Waals surface area contributed by atoms with Gasteiger partial charge >= 0.3 is 12.2 Å². The number of nitrogens with one attached hydrogen (secondary N) is 3. The molecule has 2 aromatic heterocycles. The molecule has 6 heterocycles. The Bertz CT molecular complexity index is 2790. The largest absolute Gasteiger partial charge is 0.465 e. The Morgan fingerprint density at radius 1 is 0.700 bits per heavy atom. The molecule has 16 nitrogen and oxygen atoms in total. The van der Waals surface area contributed by atoms with Gasteiger partial charge in [0.05, 0.1) is 59.0 Å². The van der Waals surface area contributed by atoms with Gasteiger partial charge in [-0.05, 0) is 100.0 Å². The number of carboxylic acid groups (broad SMARTS) is 1. The summed E-state index contributed by atoms with van der Waals surface area (Å²) in [6, 6.07) is 7.21. The van der Waals surface area contributed by atoms with Crippen LogP contribution in [0.15, 0.2) is 42.5 Å². The summed E-state index contributed by atoms with van der Waals surface area (Å²) in [6.07, 6.45) is 4.44. The molecule has 5 aromatic rings. The van der Waals surface area contributed by atoms with Crippen molar-refractivity contribution in [1.29, 1.82) is 0 Å². The Hall–Kier alpha value is -6.53. The smallest absolute Gasteiger partial charge is 0.407 e. The van der Waals surface area contributed by atoms with Crippen LogP contribution >= 0.6 is 0 Å². The number of amides is 4. The van der Waals surface area contributed by atoms with Crippen molar-refractivity contribution in [2.75, 3.05) is 50.1 Å². The highest BCUT2D eigenvalue weighted by molar-refractivity contribution is 5.87. The number of likely N-dealkylation sites (tertiary alicyclic amines) is 2. The SMILES string of the molecule is COC(=O)N[C@H](C(=O)N1CCC[C@H]1c1nc2cc(F)c([C@H]3CC[C@H](c4cc5[nH]c([C@@H]6CCCN6C(=O)[C@H](C(C)C)N(C)C(=O)O)nc5cc4F)N3c3ccc(N4CCCCC4)c(F)c3)cc2[nH]1)C(C)C. The second kappa shape index (κ2) is 19.7. The Kier molecular flexibility index (Phi) is 13.6. The van der Waals surface area contributed by atoms with Crippen LogP contribution in [-0.4, -0.2) is 116 Å². The van der Waals surface area contributed by atoms with Crippen molar-refractivity contribution in [3.63, 3.8) is 0 Å². The van der Waals surface area contributed by atoms with E-state index < -0.39 is 65.9 Å². The van der Waals surface area contributed by atoms with Crippen LogP contribution in [0.4, 0.5) is 34.1 Å². The lowest BCUT2D eigenvalue weighted by Gasteiger charge is -2.35. The number of aromatic amines is 2. The number of imidazole rings is 2. The minimum atomic E-state index is -1.20. The molecule has 4 saturated heterocycles. The van der Waals surface area contributed by atoms with Gasteiger partial charge in [0.15, 0.2) is 0 Å². The predicted molar refractivity (Wildman–Crippen MR) is 258 cm³/mol. The number of H-pyrrole nitrogens is 2. The van der Waals surface area contributed by atoms with Crippen LogP contribution in [0.1, 0.15) is 132 Å². The summed E-state index contributed by atoms with van der Waals surface area (Å²) in [7, 11) is 2.64. The van der Waals surface area contributed by atoms with Gasteiger partial charge in [0, 0.05) is 62.2 Å². The van der Waals surface area contributed by atoms with E-state index in [0.717, 1.165) is 37.3 Å². The first-order chi connectivity index (χ1) is 33.5. The number of carbonyl (C=O) groups is 4. The lowest BCUT2D eigenvalue weighted by Crippen LogP contribution is -2.51. The van der Waals surface area contributed by atoms with Gasteiger partial charge in [-0.3, -0.25) is 14.5 Å². The number of piperidine rings is 1. The van der Waals surface area contributed by atoms with Crippen LogP contribution in [0, 0.1) is 29.3 Å². The first-order valence-corrected chi connectivity index (χ1v) is 24.7. The lowest BCUT2D eigenvalue weighted by atomic mass is 10.0. The highest BCUT2D eigenvalue weighted by atomic mass is 19.1. The average molecular weight is 969 g/mol. The van der Waals surface area contributed by atoms with E-state index in [9.17, 15) is 24.3 Å². The van der Waals surface area contributed by atoms with Crippen molar-refractivity contribution in [3.8, 4) is 0 Å². The lowest BCUT2D eigenvalue weighted by molar-refractivity contribution is -0.138. The number of anilines is 2. The van der Waals surface area contributed by atoms with Crippen LogP contribution in [0.5, 0.6) is 0 Å². The van der Waals surface area contributed by atoms with Crippen LogP contribution in [0.25, 0.3) is 22.1 Å². The third-order valence-electron chi connectivity index (χ3n) is 15.0. The van der Waals surface area contributed by atoms with Gasteiger partial charge in [-0.15, -0.1) is 0 Å². The molecule has 19 heteroatoms. The van der Waals surface area contributed by atoms with Gasteiger partial charge in [0.25, 0.3) is 0 Å². The molecule has 0 radical (unpaired) electrons. The van der Waals surface area contributed by atoms with E-state index in [1.807, 2.05) is 29.7 Å². The van der Waals surface area contributed by atoms with Crippen LogP contribution in [0.2, 0.25) is 0 Å². The van der Waals surface area contributed by atoms with Gasteiger partial charge in [0.2, 0.25) is 11.8 Å². The number of aromatic nitrogens is 4. The molecule has 9 rings (SSSR count). The van der Waals surface area contributed by atoms with E-state index in [1.165, 1.54) is 32.4 Å². The van der Waals surface area contributed by atoms with Gasteiger partial charge in [-0.2, -0.15) is 0 Å². The van der Waals surface area contributed by atoms with Gasteiger partial charge in [-0.25, -0.2) is 32.7 Å². The summed E-state index contributed by atoms with van der Waals surface area (Å²) in [5.41, 5.74) is 3.37. The van der Waals surface area contributed by atoms with E-state index in [4.69, 9.17) is 14.7 Å². The number of methoxy groups -OCH3 is 1. The fraction of sp³-hybridized carbons (Fsp3) is 0.529. The minimum absolute atomic E-state index is 0.223. The summed E-state index contributed by atoms with van der Waals surface area (Å²) in [6.45, 7) is 9.63. The molecule has 70 heavy (non-hydrogen) atoms. The zero-order valence-electron chi connectivity index (χ0n) is 40.6. The monoisotopic (exact) mass is 968 g/mol. The maximum atomic E-state index is 16.8. The fourth-order valence-corrected chi connectivity index (χ4v) is 11.5. The first-order valence-electron chi connectivity index (χ1n) is 24.7. The van der Waals surface area contributed by atoms with E-state index in [0.29, 0.717) is 108 Å². The van der Waals surface area contributed by atoms with Crippen molar-refractivity contribution in [3.05, 3.63) is 82.7 Å². The second-order valence-corrected chi connectivity index (χ2v) is 20.0. The molecule has 0 saturated carbocycles. The standard InChI is InChI=1S/C51H63F3N10O6/c1-27(2)44(59-50(67)70-6)48(65)62-20-10-12-42(62)46-55-35-23-30(32(52)25-37(35)57-46)39-16-17-40(64(39)29-14-15-41(34(54)22-29)61-18-8-7-9-19-61)31-24-36-38(26-33(31)53)58-47(56-36)43-13-11-21-63(43)49(66)45(28(3)4)60(5)51(68)69/h14-15,22-28,39-40,42-45H,7-13,16-21H2,1-6H3,(H,55,57)(H,56,58)(H,59,67)(H,68,69)/t39-,40-,42+,43+,44+,45+/m1/s1. The molecular weight excluding hydrogens is 906 g/mol. The first kappa shape index (κ1) is 48.5. The van der Waals surface area contributed by atoms with Crippen molar-refractivity contribution in [1.82, 2.24) is 40.0 Å². The van der Waals surface area contributed by atoms with Crippen molar-refractivity contribution in [2.45, 2.75) is 122 Å². The zero-order valence-corrected chi connectivity index (χ0v) is 40.6. The van der Waals surface area contributed by atoms with Crippen LogP contribution < -0.4 is 15.1 Å². The van der Waals surface area contributed by atoms with E-state index >= 15 is 13.2 Å². The number of nitrogens with zero attached hydrogens (tertiary/aromatic N) is 7. The Balaban J connectivity index is 1.06. The molecular formula is C51H63F3N10O6. The highest BCUT2D eigenvalue weighted by Gasteiger charge is 2.43. The van der Waals surface area contributed by atoms with Crippen molar-refractivity contribution >= 4 is 57.4 Å². The van der Waals surface area contributed by atoms with Gasteiger partial charge < -0.3 is 44.7 Å². The van der Waals surface area contributed by atoms with E-state index in [2.05, 4.69) is 15.3 Å². The number of likely N-dealkylation sites (N-methyl/N-ethyl adjacent to an activating group) is 1. The second-order valence-electron chi connectivity index (χ2n) is 20.0. The maximum Gasteiger partial charge on any atom is 0.407 e. The van der Waals surface area contributed by atoms with Crippen molar-refractivity contribution < 1.29 is 42.2 Å². The third kappa shape index (κ3) is 9.06. The molecule has 0 spiro atoms. The predicted octanol–water partition coefficient (Wildman–Crippen LogP) is 9.27. The summed E-state index contributed by atoms with van der Waals surface area (Å²) in [4.78, 5) is 76.7. The maximum absolute atomic E-state index is 16.8. The molecule has 6 atom stereocenters. The van der Waals surface area contributed by atoms with Gasteiger partial charge in [-0.1, -0.05) is 27.7 Å². The quantitative estimate of drug-likeness (QED) is 0.0940. The molecule has 4 aliphatic heterocycles. The number of alkyl carbamates (subject to hydrolysis) is 1. The number of fused-ring (bicyclic) bond motifs is 2. The normalized spacial score (nSPS) is 21.6. The number of hydrogen-bond acceptors (Lipinski definition) is 9. The zero-order chi connectivity index (χ0) is 49.7. The molecule has 374 valence electrons. The topological polar surface area (TPSA) is 183 Å². The molecule has 4 N–H and O–H groups in total. The molecule has 0 bridgehead atoms. The number of benzene rings is 3. The molecule has 0 unspecified atom stereocenters. The van der Waals surface area contributed by atoms with E-state index in [1.54, 1.807) is 41.8 Å². The number of halogens is 3.